The molecule has 0 atom stereocenters. The van der Waals surface area contributed by atoms with Gasteiger partial charge in [0.25, 0.3) is 0 Å². The van der Waals surface area contributed by atoms with Crippen molar-refractivity contribution in [2.45, 2.75) is 27.2 Å². The number of nitrogens with zero attached hydrogens (tertiary/aromatic N) is 1. The number of anilines is 2. The average Bonchev–Trinajstić information content (AvgIpc) is 2.65. The summed E-state index contributed by atoms with van der Waals surface area (Å²) in [5, 5.41) is 5.83. The maximum absolute atomic E-state index is 11.1. The third-order valence-corrected chi connectivity index (χ3v) is 3.78. The van der Waals surface area contributed by atoms with E-state index in [1.807, 2.05) is 56.3 Å². The van der Waals surface area contributed by atoms with Crippen molar-refractivity contribution in [2.24, 2.45) is 10.7 Å². The second-order valence-electron chi connectivity index (χ2n) is 6.04. The molecule has 2 rings (SSSR count). The molecule has 7 nitrogen and oxygen atoms in total. The van der Waals surface area contributed by atoms with E-state index in [9.17, 15) is 4.79 Å². The molecule has 2 aromatic rings. The Balaban J connectivity index is 1.96. The van der Waals surface area contributed by atoms with Gasteiger partial charge in [0.2, 0.25) is 5.91 Å². The van der Waals surface area contributed by atoms with Gasteiger partial charge in [-0.1, -0.05) is 12.1 Å². The zero-order valence-corrected chi connectivity index (χ0v) is 16.6. The molecule has 0 aromatic heterocycles. The first-order chi connectivity index (χ1) is 13.5. The van der Waals surface area contributed by atoms with Crippen LogP contribution < -0.4 is 25.8 Å². The Morgan fingerprint density at radius 2 is 1.75 bits per heavy atom. The van der Waals surface area contributed by atoms with Gasteiger partial charge >= 0.3 is 0 Å². The fourth-order valence-corrected chi connectivity index (χ4v) is 2.59. The Morgan fingerprint density at radius 3 is 2.39 bits per heavy atom. The number of carbonyl (C=O) groups excluding carboxylic acids is 1. The van der Waals surface area contributed by atoms with Crippen LogP contribution >= 0.6 is 0 Å². The lowest BCUT2D eigenvalue weighted by Gasteiger charge is -2.14. The number of hydrogen-bond acceptors (Lipinski definition) is 4. The molecule has 0 saturated heterocycles. The number of carbonyl (C=O) groups is 1. The molecule has 0 radical (unpaired) electrons. The predicted octanol–water partition coefficient (Wildman–Crippen LogP) is 3.41. The number of ether oxygens (including phenoxy) is 2. The number of rotatable bonds is 9. The number of nitrogens with one attached hydrogen (secondary N) is 2. The van der Waals surface area contributed by atoms with Gasteiger partial charge < -0.3 is 25.8 Å². The monoisotopic (exact) mass is 384 g/mol. The van der Waals surface area contributed by atoms with Crippen LogP contribution in [-0.4, -0.2) is 31.6 Å². The summed E-state index contributed by atoms with van der Waals surface area (Å²) in [5.74, 6) is 1.65. The van der Waals surface area contributed by atoms with Gasteiger partial charge in [0.1, 0.15) is 11.5 Å². The number of guanidine groups is 1. The lowest BCUT2D eigenvalue weighted by molar-refractivity contribution is -0.114. The molecular weight excluding hydrogens is 356 g/mol. The molecule has 4 N–H and O–H groups in total. The molecule has 7 heteroatoms. The van der Waals surface area contributed by atoms with Gasteiger partial charge in [-0.3, -0.25) is 9.79 Å². The van der Waals surface area contributed by atoms with Crippen LogP contribution in [0, 0.1) is 0 Å². The molecule has 0 spiro atoms. The van der Waals surface area contributed by atoms with Crippen molar-refractivity contribution in [2.75, 3.05) is 30.4 Å². The zero-order chi connectivity index (χ0) is 20.4. The number of aliphatic imine (C=N–C) groups is 1. The molecule has 0 heterocycles. The van der Waals surface area contributed by atoms with Gasteiger partial charge in [0.15, 0.2) is 5.96 Å². The van der Waals surface area contributed by atoms with Gasteiger partial charge in [0, 0.05) is 25.2 Å². The number of nitrogens with two attached hydrogens (primary N) is 1. The zero-order valence-electron chi connectivity index (χ0n) is 16.6. The largest absolute Gasteiger partial charge is 0.494 e. The first-order valence-electron chi connectivity index (χ1n) is 9.35. The van der Waals surface area contributed by atoms with Crippen LogP contribution in [0.2, 0.25) is 0 Å². The SMILES string of the molecule is CCOc1ccc(OCC)c(NC(N)=NCCc2ccc(NC(C)=O)cc2)c1. The molecule has 0 aliphatic carbocycles. The smallest absolute Gasteiger partial charge is 0.221 e. The van der Waals surface area contributed by atoms with Crippen molar-refractivity contribution in [3.8, 4) is 11.5 Å². The standard InChI is InChI=1S/C21H28N4O3/c1-4-27-18-10-11-20(28-5-2)19(14-18)25-21(22)23-13-12-16-6-8-17(9-7-16)24-15(3)26/h6-11,14H,4-5,12-13H2,1-3H3,(H,24,26)(H3,22,23,25). The molecule has 0 fully saturated rings. The Bertz CT molecular complexity index is 804. The van der Waals surface area contributed by atoms with Gasteiger partial charge in [-0.25, -0.2) is 0 Å². The molecule has 0 saturated carbocycles. The van der Waals surface area contributed by atoms with Crippen LogP contribution in [0.3, 0.4) is 0 Å². The first kappa shape index (κ1) is 21.1. The summed E-state index contributed by atoms with van der Waals surface area (Å²) in [7, 11) is 0. The minimum atomic E-state index is -0.0870. The minimum absolute atomic E-state index is 0.0870. The van der Waals surface area contributed by atoms with Crippen LogP contribution in [0.15, 0.2) is 47.5 Å². The van der Waals surface area contributed by atoms with E-state index in [-0.39, 0.29) is 5.91 Å². The van der Waals surface area contributed by atoms with Crippen LogP contribution in [0.25, 0.3) is 0 Å². The lowest BCUT2D eigenvalue weighted by Crippen LogP contribution is -2.23. The quantitative estimate of drug-likeness (QED) is 0.455. The minimum Gasteiger partial charge on any atom is -0.494 e. The molecular formula is C21H28N4O3. The fraction of sp³-hybridized carbons (Fsp3) is 0.333. The summed E-state index contributed by atoms with van der Waals surface area (Å²) in [6.07, 6.45) is 0.736. The van der Waals surface area contributed by atoms with Gasteiger partial charge in [-0.05, 0) is 50.1 Å². The van der Waals surface area contributed by atoms with Crippen molar-refractivity contribution in [1.29, 1.82) is 0 Å². The van der Waals surface area contributed by atoms with Crippen molar-refractivity contribution < 1.29 is 14.3 Å². The average molecular weight is 384 g/mol. The van der Waals surface area contributed by atoms with E-state index in [0.29, 0.717) is 37.2 Å². The van der Waals surface area contributed by atoms with Crippen LogP contribution in [0.4, 0.5) is 11.4 Å². The van der Waals surface area contributed by atoms with Crippen molar-refractivity contribution in [3.05, 3.63) is 48.0 Å². The summed E-state index contributed by atoms with van der Waals surface area (Å²) in [6, 6.07) is 13.2. The first-order valence-corrected chi connectivity index (χ1v) is 9.35. The van der Waals surface area contributed by atoms with E-state index in [4.69, 9.17) is 15.2 Å². The third-order valence-electron chi connectivity index (χ3n) is 3.78. The fourth-order valence-electron chi connectivity index (χ4n) is 2.59. The van der Waals surface area contributed by atoms with Crippen molar-refractivity contribution >= 4 is 23.2 Å². The molecule has 0 aliphatic rings. The van der Waals surface area contributed by atoms with Gasteiger partial charge in [0.05, 0.1) is 18.9 Å². The Labute approximate surface area is 165 Å². The molecule has 2 aromatic carbocycles. The van der Waals surface area contributed by atoms with Crippen molar-refractivity contribution in [3.63, 3.8) is 0 Å². The highest BCUT2D eigenvalue weighted by molar-refractivity contribution is 5.94. The lowest BCUT2D eigenvalue weighted by atomic mass is 10.1. The number of benzene rings is 2. The topological polar surface area (TPSA) is 98.0 Å². The van der Waals surface area contributed by atoms with E-state index in [0.717, 1.165) is 23.4 Å². The number of hydrogen-bond donors (Lipinski definition) is 3. The maximum atomic E-state index is 11.1. The van der Waals surface area contributed by atoms with Crippen molar-refractivity contribution in [1.82, 2.24) is 0 Å². The van der Waals surface area contributed by atoms with E-state index in [1.54, 1.807) is 0 Å². The molecule has 0 unspecified atom stereocenters. The predicted molar refractivity (Wildman–Crippen MR) is 113 cm³/mol. The highest BCUT2D eigenvalue weighted by Crippen LogP contribution is 2.29. The summed E-state index contributed by atoms with van der Waals surface area (Å²) >= 11 is 0. The summed E-state index contributed by atoms with van der Waals surface area (Å²) in [4.78, 5) is 15.4. The Kier molecular flexibility index (Phi) is 8.14. The molecule has 0 bridgehead atoms. The maximum Gasteiger partial charge on any atom is 0.221 e. The van der Waals surface area contributed by atoms with Gasteiger partial charge in [-0.15, -0.1) is 0 Å². The van der Waals surface area contributed by atoms with E-state index >= 15 is 0 Å². The van der Waals surface area contributed by atoms with Crippen LogP contribution in [0.5, 0.6) is 11.5 Å². The summed E-state index contributed by atoms with van der Waals surface area (Å²) in [6.45, 7) is 7.01. The summed E-state index contributed by atoms with van der Waals surface area (Å²) < 4.78 is 11.2. The van der Waals surface area contributed by atoms with E-state index in [1.165, 1.54) is 6.92 Å². The van der Waals surface area contributed by atoms with Crippen LogP contribution in [-0.2, 0) is 11.2 Å². The van der Waals surface area contributed by atoms with E-state index in [2.05, 4.69) is 15.6 Å². The highest BCUT2D eigenvalue weighted by atomic mass is 16.5. The number of amides is 1. The normalized spacial score (nSPS) is 11.0. The Morgan fingerprint density at radius 1 is 1.04 bits per heavy atom. The molecule has 1 amide bonds. The third kappa shape index (κ3) is 6.83. The second-order valence-corrected chi connectivity index (χ2v) is 6.04. The Hall–Kier alpha value is -3.22. The van der Waals surface area contributed by atoms with Gasteiger partial charge in [-0.2, -0.15) is 0 Å². The second kappa shape index (κ2) is 10.8. The molecule has 0 aliphatic heterocycles. The van der Waals surface area contributed by atoms with E-state index < -0.39 is 0 Å². The highest BCUT2D eigenvalue weighted by Gasteiger charge is 2.07. The summed E-state index contributed by atoms with van der Waals surface area (Å²) in [5.41, 5.74) is 8.64. The molecule has 28 heavy (non-hydrogen) atoms. The van der Waals surface area contributed by atoms with Crippen LogP contribution in [0.1, 0.15) is 26.3 Å². The molecule has 150 valence electrons.